The molecular weight excluding hydrogens is 751 g/mol. The molecule has 0 spiro atoms. The lowest BCUT2D eigenvalue weighted by atomic mass is 9.45. The van der Waals surface area contributed by atoms with Crippen LogP contribution in [0.4, 0.5) is 0 Å². The number of hydrogen-bond donors (Lipinski definition) is 4. The molecule has 0 unspecified atom stereocenters. The molecule has 2 bridgehead atoms. The lowest BCUT2D eigenvalue weighted by molar-refractivity contribution is -0.156. The van der Waals surface area contributed by atoms with E-state index in [1.165, 1.54) is 7.11 Å². The number of ether oxygens (including phenoxy) is 3. The van der Waals surface area contributed by atoms with E-state index in [1.807, 2.05) is 0 Å². The zero-order chi connectivity index (χ0) is 36.3. The quantitative estimate of drug-likeness (QED) is 0.191. The van der Waals surface area contributed by atoms with Crippen LogP contribution in [0.15, 0.2) is 23.8 Å². The third-order valence-electron chi connectivity index (χ3n) is 12.5. The maximum Gasteiger partial charge on any atom is 0.248 e. The largest absolute Gasteiger partial charge is 0.493 e. The van der Waals surface area contributed by atoms with Gasteiger partial charge >= 0.3 is 0 Å². The number of nitrogens with zero attached hydrogens (tertiary/aromatic N) is 1. The molecule has 4 saturated carbocycles. The summed E-state index contributed by atoms with van der Waals surface area (Å²) in [5.74, 6) is 3.04. The van der Waals surface area contributed by atoms with Gasteiger partial charge in [0.1, 0.15) is 18.8 Å². The van der Waals surface area contributed by atoms with Crippen LogP contribution in [-0.2, 0) is 20.9 Å². The number of rotatable bonds is 14. The number of nitrogens with one attached hydrogen (secondary N) is 1. The van der Waals surface area contributed by atoms with Crippen LogP contribution < -0.4 is 14.8 Å². The van der Waals surface area contributed by atoms with Gasteiger partial charge in [0.2, 0.25) is 11.8 Å². The van der Waals surface area contributed by atoms with Gasteiger partial charge < -0.3 is 39.7 Å². The summed E-state index contributed by atoms with van der Waals surface area (Å²) in [5, 5.41) is 34.1. The molecule has 4 fully saturated rings. The fourth-order valence-corrected chi connectivity index (χ4v) is 10.1. The van der Waals surface area contributed by atoms with E-state index in [0.717, 1.165) is 38.5 Å². The van der Waals surface area contributed by atoms with Crippen molar-refractivity contribution in [3.8, 4) is 11.5 Å². The maximum atomic E-state index is 14.5. The van der Waals surface area contributed by atoms with Crippen LogP contribution in [-0.4, -0.2) is 89.8 Å². The Morgan fingerprint density at radius 3 is 2.52 bits per heavy atom. The van der Waals surface area contributed by atoms with Crippen molar-refractivity contribution in [1.82, 2.24) is 10.2 Å². The van der Waals surface area contributed by atoms with Crippen molar-refractivity contribution in [3.63, 3.8) is 0 Å². The molecule has 0 heterocycles. The second kappa shape index (κ2) is 16.8. The van der Waals surface area contributed by atoms with Crippen LogP contribution >= 0.6 is 22.6 Å². The van der Waals surface area contributed by atoms with Crippen LogP contribution in [0.2, 0.25) is 0 Å². The molecule has 6 rings (SSSR count). The van der Waals surface area contributed by atoms with Crippen molar-refractivity contribution >= 4 is 34.4 Å². The highest BCUT2D eigenvalue weighted by atomic mass is 127. The van der Waals surface area contributed by atoms with E-state index in [-0.39, 0.29) is 62.0 Å². The van der Waals surface area contributed by atoms with Gasteiger partial charge in [-0.1, -0.05) is 41.0 Å². The molecule has 5 aliphatic carbocycles. The Labute approximate surface area is 311 Å². The van der Waals surface area contributed by atoms with Crippen LogP contribution in [0, 0.1) is 44.5 Å². The van der Waals surface area contributed by atoms with Crippen LogP contribution in [0.1, 0.15) is 85.1 Å². The number of aliphatic hydroxyl groups is 3. The molecule has 5 aliphatic rings. The molecule has 4 N–H and O–H groups in total. The van der Waals surface area contributed by atoms with Crippen molar-refractivity contribution in [2.24, 2.45) is 40.9 Å². The number of fused-ring (bicyclic) bond motifs is 2. The Morgan fingerprint density at radius 2 is 1.88 bits per heavy atom. The Hall–Kier alpha value is -1.93. The van der Waals surface area contributed by atoms with Gasteiger partial charge in [-0.25, -0.2) is 0 Å². The summed E-state index contributed by atoms with van der Waals surface area (Å²) in [7, 11) is 1.51. The molecule has 2 amide bonds. The van der Waals surface area contributed by atoms with E-state index in [0.29, 0.717) is 62.3 Å². The second-order valence-electron chi connectivity index (χ2n) is 16.2. The summed E-state index contributed by atoms with van der Waals surface area (Å²) in [6, 6.07) is 2.72. The number of carbonyl (C=O) groups excluding carboxylic acids is 2. The number of carbonyl (C=O) groups is 2. The SMILES string of the molecule is COc1cc(CO)cc(I)c1O[C@H]1C=C(C(=O)NCCO)C[C@@H](N(C[C@@H]2CC[C@H]3C[C@@H]2C3(C)C)C(=O)CO[C@H]2C[C@@H](C)CC[C@@H]2C(C)C)[C@@H]1O. The van der Waals surface area contributed by atoms with E-state index in [9.17, 15) is 24.9 Å². The highest BCUT2D eigenvalue weighted by Gasteiger charge is 2.55. The molecule has 0 saturated heterocycles. The number of aliphatic hydroxyl groups excluding tert-OH is 3. The van der Waals surface area contributed by atoms with Crippen molar-refractivity contribution in [2.45, 2.75) is 111 Å². The van der Waals surface area contributed by atoms with Gasteiger partial charge in [-0.2, -0.15) is 0 Å². The molecule has 10 nitrogen and oxygen atoms in total. The van der Waals surface area contributed by atoms with Gasteiger partial charge in [-0.15, -0.1) is 0 Å². The lowest BCUT2D eigenvalue weighted by Crippen LogP contribution is -2.60. The fraction of sp³-hybridized carbons (Fsp3) is 0.744. The number of methoxy groups -OCH3 is 1. The van der Waals surface area contributed by atoms with E-state index in [4.69, 9.17) is 14.2 Å². The van der Waals surface area contributed by atoms with E-state index in [1.54, 1.807) is 23.1 Å². The topological polar surface area (TPSA) is 138 Å². The Bertz CT molecular complexity index is 1380. The first-order valence-electron chi connectivity index (χ1n) is 18.6. The standard InChI is InChI=1S/C39H59IN2O8/c1-22(2)28-10-7-23(3)13-32(28)49-21-35(45)42(19-25-8-9-27-18-29(25)39(27,4)5)31-16-26(38(47)41-11-12-43)17-33(36(31)46)50-37-30(40)14-24(20-44)15-34(37)48-6/h14-15,17,22-23,25,27-29,31-33,36,43-44,46H,7-13,16,18-21H2,1-6H3,(H,41,47)/t23-,25-,27-,28+,29-,31+,32-,33-,36-/m0/s1. The molecule has 280 valence electrons. The predicted octanol–water partition coefficient (Wildman–Crippen LogP) is 5.09. The Morgan fingerprint density at radius 1 is 1.12 bits per heavy atom. The molecule has 11 heteroatoms. The minimum absolute atomic E-state index is 0.00550. The number of hydrogen-bond acceptors (Lipinski definition) is 8. The second-order valence-corrected chi connectivity index (χ2v) is 17.4. The van der Waals surface area contributed by atoms with Crippen molar-refractivity contribution < 1.29 is 39.1 Å². The van der Waals surface area contributed by atoms with Crippen molar-refractivity contribution in [1.29, 1.82) is 0 Å². The summed E-state index contributed by atoms with van der Waals surface area (Å²) in [6.45, 7) is 11.5. The Balaban J connectivity index is 1.47. The summed E-state index contributed by atoms with van der Waals surface area (Å²) < 4.78 is 19.3. The van der Waals surface area contributed by atoms with Gasteiger partial charge in [0.15, 0.2) is 11.5 Å². The first-order chi connectivity index (χ1) is 23.8. The number of halogens is 1. The predicted molar refractivity (Wildman–Crippen MR) is 200 cm³/mol. The molecular formula is C39H59IN2O8. The van der Waals surface area contributed by atoms with Crippen LogP contribution in [0.5, 0.6) is 11.5 Å². The third-order valence-corrected chi connectivity index (χ3v) is 13.3. The molecule has 0 aromatic heterocycles. The molecule has 9 atom stereocenters. The maximum absolute atomic E-state index is 14.5. The molecule has 0 radical (unpaired) electrons. The monoisotopic (exact) mass is 810 g/mol. The van der Waals surface area contributed by atoms with E-state index in [2.05, 4.69) is 62.5 Å². The highest BCUT2D eigenvalue weighted by molar-refractivity contribution is 14.1. The summed E-state index contributed by atoms with van der Waals surface area (Å²) >= 11 is 2.11. The van der Waals surface area contributed by atoms with E-state index >= 15 is 0 Å². The normalized spacial score (nSPS) is 31.7. The first kappa shape index (κ1) is 39.3. The zero-order valence-corrected chi connectivity index (χ0v) is 32.9. The van der Waals surface area contributed by atoms with Gasteiger partial charge in [-0.3, -0.25) is 9.59 Å². The van der Waals surface area contributed by atoms with Crippen LogP contribution in [0.25, 0.3) is 0 Å². The summed E-state index contributed by atoms with van der Waals surface area (Å²) in [5.41, 5.74) is 1.24. The van der Waals surface area contributed by atoms with Gasteiger partial charge in [0, 0.05) is 25.1 Å². The van der Waals surface area contributed by atoms with E-state index < -0.39 is 18.2 Å². The lowest BCUT2D eigenvalue weighted by Gasteiger charge is -2.61. The molecule has 1 aromatic rings. The third kappa shape index (κ3) is 8.48. The molecule has 0 aliphatic heterocycles. The van der Waals surface area contributed by atoms with Gasteiger partial charge in [0.05, 0.1) is 36.0 Å². The smallest absolute Gasteiger partial charge is 0.248 e. The average molecular weight is 811 g/mol. The van der Waals surface area contributed by atoms with Gasteiger partial charge in [0.25, 0.3) is 0 Å². The molecule has 50 heavy (non-hydrogen) atoms. The van der Waals surface area contributed by atoms with Crippen molar-refractivity contribution in [2.75, 3.05) is 33.4 Å². The van der Waals surface area contributed by atoms with Crippen molar-refractivity contribution in [3.05, 3.63) is 32.9 Å². The minimum atomic E-state index is -1.16. The zero-order valence-electron chi connectivity index (χ0n) is 30.7. The summed E-state index contributed by atoms with van der Waals surface area (Å²) in [6.07, 6.45) is 6.09. The average Bonchev–Trinajstić information content (AvgIpc) is 3.09. The van der Waals surface area contributed by atoms with Crippen LogP contribution in [0.3, 0.4) is 0 Å². The number of benzene rings is 1. The van der Waals surface area contributed by atoms with Gasteiger partial charge in [-0.05, 0) is 119 Å². The molecule has 1 aromatic carbocycles. The fourth-order valence-electron chi connectivity index (χ4n) is 9.32. The summed E-state index contributed by atoms with van der Waals surface area (Å²) in [4.78, 5) is 29.8. The number of amides is 2. The first-order valence-corrected chi connectivity index (χ1v) is 19.7. The highest BCUT2D eigenvalue weighted by Crippen LogP contribution is 2.61. The Kier molecular flexibility index (Phi) is 13.2. The minimum Gasteiger partial charge on any atom is -0.493 e.